The first kappa shape index (κ1) is 10.5. The van der Waals surface area contributed by atoms with Gasteiger partial charge >= 0.3 is 6.09 Å². The van der Waals surface area contributed by atoms with Gasteiger partial charge in [0.15, 0.2) is 0 Å². The first-order valence-electron chi connectivity index (χ1n) is 4.49. The minimum atomic E-state index is -0.451. The molecule has 0 atom stereocenters. The molecule has 0 saturated heterocycles. The standard InChI is InChI=1S/C10H14N2O2/c1-2-14-10(13)12-9-6-4-3-5-8(9)7-11/h3-6H,2,7,11H2,1H3,(H,12,13). The fourth-order valence-corrected chi connectivity index (χ4v) is 1.10. The molecule has 0 unspecified atom stereocenters. The van der Waals surface area contributed by atoms with E-state index < -0.39 is 6.09 Å². The summed E-state index contributed by atoms with van der Waals surface area (Å²) in [5.41, 5.74) is 7.10. The first-order valence-corrected chi connectivity index (χ1v) is 4.49. The molecule has 1 amide bonds. The number of nitrogens with one attached hydrogen (secondary N) is 1. The van der Waals surface area contributed by atoms with E-state index in [0.717, 1.165) is 5.56 Å². The largest absolute Gasteiger partial charge is 0.450 e. The summed E-state index contributed by atoms with van der Waals surface area (Å²) in [4.78, 5) is 11.1. The second-order valence-electron chi connectivity index (χ2n) is 2.71. The van der Waals surface area contributed by atoms with E-state index in [1.54, 1.807) is 13.0 Å². The van der Waals surface area contributed by atoms with Crippen molar-refractivity contribution in [3.05, 3.63) is 29.8 Å². The molecule has 0 radical (unpaired) electrons. The number of carbonyl (C=O) groups is 1. The lowest BCUT2D eigenvalue weighted by Gasteiger charge is -2.08. The highest BCUT2D eigenvalue weighted by Crippen LogP contribution is 2.13. The molecule has 3 N–H and O–H groups in total. The van der Waals surface area contributed by atoms with Crippen LogP contribution in [-0.4, -0.2) is 12.7 Å². The van der Waals surface area contributed by atoms with Crippen molar-refractivity contribution in [1.29, 1.82) is 0 Å². The molecule has 1 rings (SSSR count). The Balaban J connectivity index is 2.70. The first-order chi connectivity index (χ1) is 6.77. The smallest absolute Gasteiger partial charge is 0.411 e. The van der Waals surface area contributed by atoms with E-state index in [1.165, 1.54) is 0 Å². The Hall–Kier alpha value is -1.55. The summed E-state index contributed by atoms with van der Waals surface area (Å²) < 4.78 is 4.75. The van der Waals surface area contributed by atoms with Gasteiger partial charge in [0.25, 0.3) is 0 Å². The van der Waals surface area contributed by atoms with Gasteiger partial charge in [-0.05, 0) is 18.6 Å². The lowest BCUT2D eigenvalue weighted by Crippen LogP contribution is -2.15. The molecule has 0 heterocycles. The summed E-state index contributed by atoms with van der Waals surface area (Å²) in [5.74, 6) is 0. The molecule has 1 aromatic rings. The van der Waals surface area contributed by atoms with Crippen LogP contribution in [0, 0.1) is 0 Å². The Morgan fingerprint density at radius 3 is 2.86 bits per heavy atom. The molecule has 4 heteroatoms. The maximum Gasteiger partial charge on any atom is 0.411 e. The van der Waals surface area contributed by atoms with E-state index in [1.807, 2.05) is 18.2 Å². The zero-order chi connectivity index (χ0) is 10.4. The molecule has 0 aliphatic heterocycles. The van der Waals surface area contributed by atoms with Gasteiger partial charge in [-0.15, -0.1) is 0 Å². The van der Waals surface area contributed by atoms with Crippen molar-refractivity contribution in [2.45, 2.75) is 13.5 Å². The number of rotatable bonds is 3. The Morgan fingerprint density at radius 2 is 2.21 bits per heavy atom. The number of para-hydroxylation sites is 1. The molecule has 76 valence electrons. The zero-order valence-corrected chi connectivity index (χ0v) is 8.12. The van der Waals surface area contributed by atoms with Crippen LogP contribution in [0.1, 0.15) is 12.5 Å². The van der Waals surface area contributed by atoms with Crippen molar-refractivity contribution in [3.63, 3.8) is 0 Å². The Morgan fingerprint density at radius 1 is 1.50 bits per heavy atom. The Bertz CT molecular complexity index is 313. The fourth-order valence-electron chi connectivity index (χ4n) is 1.10. The van der Waals surface area contributed by atoms with Crippen molar-refractivity contribution >= 4 is 11.8 Å². The molecule has 0 saturated carbocycles. The second kappa shape index (κ2) is 5.24. The Labute approximate surface area is 83.1 Å². The number of anilines is 1. The third kappa shape index (κ3) is 2.74. The van der Waals surface area contributed by atoms with Gasteiger partial charge in [-0.2, -0.15) is 0 Å². The zero-order valence-electron chi connectivity index (χ0n) is 8.12. The number of carbonyl (C=O) groups excluding carboxylic acids is 1. The number of ether oxygens (including phenoxy) is 1. The number of hydrogen-bond acceptors (Lipinski definition) is 3. The number of nitrogens with two attached hydrogens (primary N) is 1. The lowest BCUT2D eigenvalue weighted by atomic mass is 10.2. The van der Waals surface area contributed by atoms with Crippen LogP contribution in [0.5, 0.6) is 0 Å². The normalized spacial score (nSPS) is 9.57. The van der Waals surface area contributed by atoms with Gasteiger partial charge in [0, 0.05) is 12.2 Å². The maximum absolute atomic E-state index is 11.1. The number of benzene rings is 1. The van der Waals surface area contributed by atoms with E-state index in [9.17, 15) is 4.79 Å². The van der Waals surface area contributed by atoms with Crippen LogP contribution in [0.4, 0.5) is 10.5 Å². The van der Waals surface area contributed by atoms with E-state index in [-0.39, 0.29) is 0 Å². The molecule has 0 spiro atoms. The van der Waals surface area contributed by atoms with Crippen LogP contribution < -0.4 is 11.1 Å². The predicted molar refractivity (Wildman–Crippen MR) is 55.0 cm³/mol. The summed E-state index contributed by atoms with van der Waals surface area (Å²) in [5, 5.41) is 2.62. The van der Waals surface area contributed by atoms with Crippen molar-refractivity contribution in [3.8, 4) is 0 Å². The molecule has 0 fully saturated rings. The minimum absolute atomic E-state index is 0.358. The minimum Gasteiger partial charge on any atom is -0.450 e. The summed E-state index contributed by atoms with van der Waals surface area (Å²) in [7, 11) is 0. The van der Waals surface area contributed by atoms with Gasteiger partial charge in [-0.1, -0.05) is 18.2 Å². The van der Waals surface area contributed by atoms with Crippen molar-refractivity contribution in [2.75, 3.05) is 11.9 Å². The third-order valence-corrected chi connectivity index (χ3v) is 1.75. The van der Waals surface area contributed by atoms with Gasteiger partial charge in [-0.25, -0.2) is 4.79 Å². The molecule has 1 aromatic carbocycles. The van der Waals surface area contributed by atoms with Gasteiger partial charge < -0.3 is 10.5 Å². The Kier molecular flexibility index (Phi) is 3.94. The molecule has 14 heavy (non-hydrogen) atoms. The van der Waals surface area contributed by atoms with Crippen molar-refractivity contribution < 1.29 is 9.53 Å². The quantitative estimate of drug-likeness (QED) is 0.769. The monoisotopic (exact) mass is 194 g/mol. The topological polar surface area (TPSA) is 64.3 Å². The van der Waals surface area contributed by atoms with E-state index in [4.69, 9.17) is 10.5 Å². The van der Waals surface area contributed by atoms with Crippen molar-refractivity contribution in [2.24, 2.45) is 5.73 Å². The van der Waals surface area contributed by atoms with Gasteiger partial charge in [0.1, 0.15) is 0 Å². The molecule has 0 aliphatic rings. The summed E-state index contributed by atoms with van der Waals surface area (Å²) in [6.07, 6.45) is -0.451. The van der Waals surface area contributed by atoms with Crippen LogP contribution in [0.25, 0.3) is 0 Å². The molecule has 4 nitrogen and oxygen atoms in total. The molecular weight excluding hydrogens is 180 g/mol. The highest BCUT2D eigenvalue weighted by atomic mass is 16.5. The summed E-state index contributed by atoms with van der Waals surface area (Å²) in [6, 6.07) is 7.36. The second-order valence-corrected chi connectivity index (χ2v) is 2.71. The third-order valence-electron chi connectivity index (χ3n) is 1.75. The molecule has 0 bridgehead atoms. The van der Waals surface area contributed by atoms with E-state index in [0.29, 0.717) is 18.8 Å². The molecule has 0 aliphatic carbocycles. The fraction of sp³-hybridized carbons (Fsp3) is 0.300. The van der Waals surface area contributed by atoms with E-state index >= 15 is 0 Å². The van der Waals surface area contributed by atoms with Gasteiger partial charge in [0.2, 0.25) is 0 Å². The lowest BCUT2D eigenvalue weighted by molar-refractivity contribution is 0.168. The SMILES string of the molecule is CCOC(=O)Nc1ccccc1CN. The highest BCUT2D eigenvalue weighted by molar-refractivity contribution is 5.85. The highest BCUT2D eigenvalue weighted by Gasteiger charge is 2.04. The van der Waals surface area contributed by atoms with Gasteiger partial charge in [-0.3, -0.25) is 5.32 Å². The van der Waals surface area contributed by atoms with Crippen LogP contribution >= 0.6 is 0 Å². The van der Waals surface area contributed by atoms with E-state index in [2.05, 4.69) is 5.32 Å². The van der Waals surface area contributed by atoms with Crippen LogP contribution in [0.3, 0.4) is 0 Å². The number of amides is 1. The average Bonchev–Trinajstić information content (AvgIpc) is 2.19. The number of hydrogen-bond donors (Lipinski definition) is 2. The predicted octanol–water partition coefficient (Wildman–Crippen LogP) is 1.71. The maximum atomic E-state index is 11.1. The molecular formula is C10H14N2O2. The van der Waals surface area contributed by atoms with Gasteiger partial charge in [0.05, 0.1) is 6.61 Å². The summed E-state index contributed by atoms with van der Waals surface area (Å²) in [6.45, 7) is 2.51. The summed E-state index contributed by atoms with van der Waals surface area (Å²) >= 11 is 0. The van der Waals surface area contributed by atoms with Crippen LogP contribution in [0.15, 0.2) is 24.3 Å². The van der Waals surface area contributed by atoms with Crippen LogP contribution in [-0.2, 0) is 11.3 Å². The van der Waals surface area contributed by atoms with Crippen molar-refractivity contribution in [1.82, 2.24) is 0 Å². The molecule has 0 aromatic heterocycles. The average molecular weight is 194 g/mol. The van der Waals surface area contributed by atoms with Crippen LogP contribution in [0.2, 0.25) is 0 Å².